The second kappa shape index (κ2) is 6.94. The van der Waals surface area contributed by atoms with E-state index in [0.717, 1.165) is 0 Å². The number of aliphatic carboxylic acids is 1. The van der Waals surface area contributed by atoms with Gasteiger partial charge in [0.15, 0.2) is 0 Å². The summed E-state index contributed by atoms with van der Waals surface area (Å²) in [5.41, 5.74) is 5.42. The standard InChI is InChI=1S/C9H15N2O4/c1-2-7(10)9(15)11-6(5-12)3-4-8(13)14/h6-7H,2-4,10H2,1H3,(H,11,15)(H,13,14)/t6-,7?/m0/s1. The molecule has 0 aromatic heterocycles. The fraction of sp³-hybridized carbons (Fsp3) is 0.667. The van der Waals surface area contributed by atoms with Crippen LogP contribution in [0.3, 0.4) is 0 Å². The van der Waals surface area contributed by atoms with Gasteiger partial charge in [-0.3, -0.25) is 14.4 Å². The van der Waals surface area contributed by atoms with E-state index in [-0.39, 0.29) is 12.8 Å². The van der Waals surface area contributed by atoms with Gasteiger partial charge >= 0.3 is 5.97 Å². The average Bonchev–Trinajstić information content (AvgIpc) is 2.22. The molecule has 1 unspecified atom stereocenters. The smallest absolute Gasteiger partial charge is 0.303 e. The summed E-state index contributed by atoms with van der Waals surface area (Å²) in [6.45, 7) is 1.74. The van der Waals surface area contributed by atoms with Crippen molar-refractivity contribution >= 4 is 18.2 Å². The highest BCUT2D eigenvalue weighted by Gasteiger charge is 2.17. The van der Waals surface area contributed by atoms with E-state index in [4.69, 9.17) is 10.8 Å². The first-order chi connectivity index (χ1) is 7.01. The molecular formula is C9H15N2O4. The lowest BCUT2D eigenvalue weighted by molar-refractivity contribution is -0.137. The molecule has 0 fully saturated rings. The molecule has 15 heavy (non-hydrogen) atoms. The maximum atomic E-state index is 11.2. The molecule has 0 rings (SSSR count). The Hall–Kier alpha value is -1.43. The number of carboxylic acid groups (broad SMARTS) is 1. The van der Waals surface area contributed by atoms with Crippen molar-refractivity contribution in [2.45, 2.75) is 38.3 Å². The monoisotopic (exact) mass is 215 g/mol. The predicted molar refractivity (Wildman–Crippen MR) is 52.8 cm³/mol. The van der Waals surface area contributed by atoms with Crippen LogP contribution in [0.15, 0.2) is 0 Å². The van der Waals surface area contributed by atoms with E-state index in [0.29, 0.717) is 6.42 Å². The van der Waals surface area contributed by atoms with Crippen LogP contribution in [0.4, 0.5) is 0 Å². The third-order valence-corrected chi connectivity index (χ3v) is 1.88. The molecule has 2 atom stereocenters. The Morgan fingerprint density at radius 2 is 2.13 bits per heavy atom. The van der Waals surface area contributed by atoms with E-state index >= 15 is 0 Å². The summed E-state index contributed by atoms with van der Waals surface area (Å²) in [6, 6.07) is -1.57. The Bertz CT molecular complexity index is 242. The molecule has 0 bridgehead atoms. The van der Waals surface area contributed by atoms with Crippen molar-refractivity contribution < 1.29 is 19.5 Å². The zero-order chi connectivity index (χ0) is 11.8. The number of hydrogen-bond donors (Lipinski definition) is 3. The lowest BCUT2D eigenvalue weighted by Crippen LogP contribution is -2.45. The minimum Gasteiger partial charge on any atom is -0.481 e. The molecule has 0 saturated carbocycles. The molecule has 0 spiro atoms. The largest absolute Gasteiger partial charge is 0.481 e. The molecule has 85 valence electrons. The number of rotatable bonds is 7. The fourth-order valence-electron chi connectivity index (χ4n) is 0.893. The topological polar surface area (TPSA) is 109 Å². The normalized spacial score (nSPS) is 14.0. The van der Waals surface area contributed by atoms with Crippen LogP contribution in [-0.2, 0) is 14.4 Å². The fourth-order valence-corrected chi connectivity index (χ4v) is 0.893. The van der Waals surface area contributed by atoms with Crippen LogP contribution >= 0.6 is 0 Å². The van der Waals surface area contributed by atoms with Crippen molar-refractivity contribution in [3.8, 4) is 0 Å². The van der Waals surface area contributed by atoms with Gasteiger partial charge in [0.2, 0.25) is 12.2 Å². The number of hydrogen-bond acceptors (Lipinski definition) is 4. The second-order valence-corrected chi connectivity index (χ2v) is 3.13. The zero-order valence-corrected chi connectivity index (χ0v) is 8.53. The van der Waals surface area contributed by atoms with Crippen molar-refractivity contribution in [2.24, 2.45) is 5.73 Å². The first kappa shape index (κ1) is 13.6. The molecule has 0 aromatic rings. The molecule has 0 aromatic carbocycles. The van der Waals surface area contributed by atoms with Gasteiger partial charge in [0, 0.05) is 6.42 Å². The van der Waals surface area contributed by atoms with E-state index in [1.807, 2.05) is 0 Å². The number of amides is 1. The summed E-state index contributed by atoms with van der Waals surface area (Å²) in [4.78, 5) is 31.8. The molecule has 1 radical (unpaired) electrons. The molecular weight excluding hydrogens is 200 g/mol. The van der Waals surface area contributed by atoms with Crippen molar-refractivity contribution in [1.82, 2.24) is 5.32 Å². The van der Waals surface area contributed by atoms with E-state index in [1.165, 1.54) is 0 Å². The van der Waals surface area contributed by atoms with Crippen molar-refractivity contribution in [3.05, 3.63) is 0 Å². The van der Waals surface area contributed by atoms with Crippen LogP contribution in [0.5, 0.6) is 0 Å². The molecule has 6 nitrogen and oxygen atoms in total. The van der Waals surface area contributed by atoms with Gasteiger partial charge in [0.25, 0.3) is 0 Å². The molecule has 0 saturated heterocycles. The van der Waals surface area contributed by atoms with Gasteiger partial charge in [-0.05, 0) is 12.8 Å². The Labute approximate surface area is 87.8 Å². The number of carboxylic acids is 1. The number of carbonyl (C=O) groups excluding carboxylic acids is 2. The van der Waals surface area contributed by atoms with Crippen LogP contribution < -0.4 is 11.1 Å². The van der Waals surface area contributed by atoms with Gasteiger partial charge in [0.05, 0.1) is 12.1 Å². The van der Waals surface area contributed by atoms with E-state index in [9.17, 15) is 14.4 Å². The summed E-state index contributed by atoms with van der Waals surface area (Å²) < 4.78 is 0. The van der Waals surface area contributed by atoms with Crippen molar-refractivity contribution in [3.63, 3.8) is 0 Å². The van der Waals surface area contributed by atoms with Crippen LogP contribution in [0.25, 0.3) is 0 Å². The van der Waals surface area contributed by atoms with Gasteiger partial charge in [-0.2, -0.15) is 0 Å². The van der Waals surface area contributed by atoms with Crippen LogP contribution in [0, 0.1) is 0 Å². The maximum absolute atomic E-state index is 11.2. The highest BCUT2D eigenvalue weighted by atomic mass is 16.4. The van der Waals surface area contributed by atoms with Crippen molar-refractivity contribution in [1.29, 1.82) is 0 Å². The molecule has 4 N–H and O–H groups in total. The van der Waals surface area contributed by atoms with Gasteiger partial charge in [-0.1, -0.05) is 6.92 Å². The van der Waals surface area contributed by atoms with E-state index in [1.54, 1.807) is 13.2 Å². The van der Waals surface area contributed by atoms with Crippen molar-refractivity contribution in [2.75, 3.05) is 0 Å². The molecule has 0 aliphatic heterocycles. The second-order valence-electron chi connectivity index (χ2n) is 3.13. The first-order valence-corrected chi connectivity index (χ1v) is 4.66. The highest BCUT2D eigenvalue weighted by molar-refractivity contribution is 5.84. The lowest BCUT2D eigenvalue weighted by Gasteiger charge is -2.14. The Morgan fingerprint density at radius 1 is 1.53 bits per heavy atom. The maximum Gasteiger partial charge on any atom is 0.303 e. The van der Waals surface area contributed by atoms with Crippen LogP contribution in [-0.4, -0.2) is 35.4 Å². The van der Waals surface area contributed by atoms with E-state index in [2.05, 4.69) is 5.32 Å². The molecule has 0 aliphatic carbocycles. The third kappa shape index (κ3) is 5.79. The minimum atomic E-state index is -1.02. The van der Waals surface area contributed by atoms with Crippen LogP contribution in [0.1, 0.15) is 26.2 Å². The van der Waals surface area contributed by atoms with Gasteiger partial charge in [-0.25, -0.2) is 0 Å². The Balaban J connectivity index is 4.03. The Kier molecular flexibility index (Phi) is 6.28. The first-order valence-electron chi connectivity index (χ1n) is 4.66. The predicted octanol–water partition coefficient (Wildman–Crippen LogP) is -0.817. The number of carbonyl (C=O) groups is 2. The summed E-state index contributed by atoms with van der Waals surface area (Å²) in [5.74, 6) is -1.49. The Morgan fingerprint density at radius 3 is 2.53 bits per heavy atom. The summed E-state index contributed by atoms with van der Waals surface area (Å²) in [6.07, 6.45) is 1.86. The molecule has 1 amide bonds. The highest BCUT2D eigenvalue weighted by Crippen LogP contribution is 1.96. The summed E-state index contributed by atoms with van der Waals surface area (Å²) in [5, 5.41) is 10.7. The minimum absolute atomic E-state index is 0.0288. The molecule has 0 aliphatic rings. The molecule has 0 heterocycles. The summed E-state index contributed by atoms with van der Waals surface area (Å²) >= 11 is 0. The zero-order valence-electron chi connectivity index (χ0n) is 8.53. The molecule has 6 heteroatoms. The number of nitrogens with one attached hydrogen (secondary N) is 1. The average molecular weight is 215 g/mol. The van der Waals surface area contributed by atoms with Crippen LogP contribution in [0.2, 0.25) is 0 Å². The number of nitrogens with two attached hydrogens (primary N) is 1. The SMILES string of the molecule is CCC(N)C(=O)N[C@H]([C]=O)CCC(=O)O. The quantitative estimate of drug-likeness (QED) is 0.514. The lowest BCUT2D eigenvalue weighted by atomic mass is 10.1. The van der Waals surface area contributed by atoms with Gasteiger partial charge in [0.1, 0.15) is 0 Å². The van der Waals surface area contributed by atoms with Gasteiger partial charge < -0.3 is 16.2 Å². The third-order valence-electron chi connectivity index (χ3n) is 1.88. The van der Waals surface area contributed by atoms with E-state index < -0.39 is 24.0 Å². The summed E-state index contributed by atoms with van der Waals surface area (Å²) in [7, 11) is 0. The van der Waals surface area contributed by atoms with Gasteiger partial charge in [-0.15, -0.1) is 0 Å².